The Morgan fingerprint density at radius 2 is 1.94 bits per heavy atom. The largest absolute Gasteiger partial charge is 0.419 e. The lowest BCUT2D eigenvalue weighted by molar-refractivity contribution is -0.137. The van der Waals surface area contributed by atoms with E-state index in [9.17, 15) is 21.6 Å². The quantitative estimate of drug-likeness (QED) is 0.540. The summed E-state index contributed by atoms with van der Waals surface area (Å²) in [5.74, 6) is 0.419. The molecule has 0 bridgehead atoms. The van der Waals surface area contributed by atoms with Gasteiger partial charge in [0.15, 0.2) is 9.84 Å². The maximum atomic E-state index is 13.5. The van der Waals surface area contributed by atoms with E-state index in [-0.39, 0.29) is 27.4 Å². The first-order valence-corrected chi connectivity index (χ1v) is 12.1. The molecule has 0 aliphatic heterocycles. The predicted octanol–water partition coefficient (Wildman–Crippen LogP) is 4.91. The van der Waals surface area contributed by atoms with E-state index in [1.165, 1.54) is 23.1 Å². The summed E-state index contributed by atoms with van der Waals surface area (Å²) in [5.41, 5.74) is 0.0737. The van der Waals surface area contributed by atoms with Crippen molar-refractivity contribution >= 4 is 21.5 Å². The third-order valence-electron chi connectivity index (χ3n) is 6.05. The highest BCUT2D eigenvalue weighted by Crippen LogP contribution is 2.39. The Kier molecular flexibility index (Phi) is 5.94. The molecule has 33 heavy (non-hydrogen) atoms. The number of halogens is 3. The fourth-order valence-corrected chi connectivity index (χ4v) is 5.98. The van der Waals surface area contributed by atoms with Crippen LogP contribution in [0, 0.1) is 12.8 Å². The van der Waals surface area contributed by atoms with Crippen molar-refractivity contribution in [2.24, 2.45) is 13.0 Å². The van der Waals surface area contributed by atoms with Gasteiger partial charge in [0.1, 0.15) is 5.56 Å². The van der Waals surface area contributed by atoms with Gasteiger partial charge in [0.25, 0.3) is 0 Å². The molecule has 1 N–H and O–H groups in total. The fraction of sp³-hybridized carbons (Fsp3) is 0.409. The van der Waals surface area contributed by atoms with E-state index in [1.807, 2.05) is 0 Å². The second-order valence-corrected chi connectivity index (χ2v) is 10.6. The van der Waals surface area contributed by atoms with Gasteiger partial charge in [-0.2, -0.15) is 18.3 Å². The predicted molar refractivity (Wildman–Crippen MR) is 118 cm³/mol. The van der Waals surface area contributed by atoms with Crippen molar-refractivity contribution in [2.75, 3.05) is 5.32 Å². The average molecular weight is 480 g/mol. The fourth-order valence-electron chi connectivity index (χ4n) is 3.94. The summed E-state index contributed by atoms with van der Waals surface area (Å²) in [7, 11) is -1.81. The molecule has 1 aromatic carbocycles. The van der Waals surface area contributed by atoms with Crippen molar-refractivity contribution < 1.29 is 21.6 Å². The Hall–Kier alpha value is -2.95. The first kappa shape index (κ1) is 23.2. The van der Waals surface area contributed by atoms with Crippen LogP contribution in [0.4, 0.5) is 24.8 Å². The number of benzene rings is 1. The minimum atomic E-state index is -4.63. The van der Waals surface area contributed by atoms with E-state index in [0.717, 1.165) is 12.6 Å². The van der Waals surface area contributed by atoms with Crippen LogP contribution < -0.4 is 5.32 Å². The number of nitrogens with one attached hydrogen (secondary N) is 1. The third kappa shape index (κ3) is 4.59. The van der Waals surface area contributed by atoms with Crippen LogP contribution in [-0.2, 0) is 23.1 Å². The number of nitrogens with zero attached hydrogens (tertiary/aromatic N) is 4. The van der Waals surface area contributed by atoms with Gasteiger partial charge < -0.3 is 5.32 Å². The molecule has 1 aliphatic rings. The van der Waals surface area contributed by atoms with Crippen molar-refractivity contribution in [2.45, 2.75) is 49.4 Å². The van der Waals surface area contributed by atoms with Crippen LogP contribution in [0.25, 0.3) is 11.3 Å². The summed E-state index contributed by atoms with van der Waals surface area (Å²) in [5, 5.41) is 6.47. The van der Waals surface area contributed by atoms with Crippen LogP contribution in [0.1, 0.15) is 37.3 Å². The Balaban J connectivity index is 1.62. The Morgan fingerprint density at radius 3 is 2.52 bits per heavy atom. The van der Waals surface area contributed by atoms with Gasteiger partial charge in [-0.1, -0.05) is 13.3 Å². The molecule has 1 saturated carbocycles. The van der Waals surface area contributed by atoms with Crippen LogP contribution in [0.15, 0.2) is 41.7 Å². The number of aryl methyl sites for hydroxylation is 2. The van der Waals surface area contributed by atoms with Gasteiger partial charge in [-0.05, 0) is 49.4 Å². The lowest BCUT2D eigenvalue weighted by Crippen LogP contribution is -2.35. The molecule has 0 saturated heterocycles. The van der Waals surface area contributed by atoms with Gasteiger partial charge in [-0.25, -0.2) is 18.4 Å². The number of hydrogen-bond donors (Lipinski definition) is 1. The van der Waals surface area contributed by atoms with Crippen molar-refractivity contribution in [3.63, 3.8) is 0 Å². The van der Waals surface area contributed by atoms with Gasteiger partial charge >= 0.3 is 6.18 Å². The molecule has 0 amide bonds. The van der Waals surface area contributed by atoms with E-state index in [4.69, 9.17) is 0 Å². The first-order valence-electron chi connectivity index (χ1n) is 10.5. The highest BCUT2D eigenvalue weighted by Gasteiger charge is 2.39. The highest BCUT2D eigenvalue weighted by atomic mass is 32.2. The molecule has 11 heteroatoms. The van der Waals surface area contributed by atoms with Gasteiger partial charge in [-0.3, -0.25) is 4.68 Å². The first-order chi connectivity index (χ1) is 15.5. The molecule has 2 heterocycles. The molecule has 0 atom stereocenters. The molecule has 0 spiro atoms. The maximum Gasteiger partial charge on any atom is 0.419 e. The summed E-state index contributed by atoms with van der Waals surface area (Å²) >= 11 is 0. The summed E-state index contributed by atoms with van der Waals surface area (Å²) in [6, 6.07) is 4.67. The number of rotatable bonds is 6. The van der Waals surface area contributed by atoms with Crippen LogP contribution in [-0.4, -0.2) is 33.4 Å². The molecular formula is C22H24F3N5O2S. The van der Waals surface area contributed by atoms with E-state index >= 15 is 0 Å². The maximum absolute atomic E-state index is 13.5. The second-order valence-electron chi connectivity index (χ2n) is 8.37. The molecule has 176 valence electrons. The molecule has 4 rings (SSSR count). The minimum Gasteiger partial charge on any atom is -0.324 e. The van der Waals surface area contributed by atoms with Crippen molar-refractivity contribution in [1.82, 2.24) is 19.7 Å². The van der Waals surface area contributed by atoms with Crippen molar-refractivity contribution in [3.05, 3.63) is 47.9 Å². The van der Waals surface area contributed by atoms with Crippen LogP contribution in [0.5, 0.6) is 0 Å². The zero-order chi connectivity index (χ0) is 24.0. The topological polar surface area (TPSA) is 89.8 Å². The van der Waals surface area contributed by atoms with E-state index < -0.39 is 21.6 Å². The van der Waals surface area contributed by atoms with Gasteiger partial charge in [0.2, 0.25) is 5.95 Å². The van der Waals surface area contributed by atoms with E-state index in [1.54, 1.807) is 26.1 Å². The summed E-state index contributed by atoms with van der Waals surface area (Å²) in [4.78, 5) is 8.16. The average Bonchev–Trinajstić information content (AvgIpc) is 3.14. The number of sulfone groups is 1. The van der Waals surface area contributed by atoms with Crippen molar-refractivity contribution in [3.8, 4) is 11.3 Å². The minimum absolute atomic E-state index is 0.0367. The standard InChI is InChI=1S/C22H24F3N5O2S/c1-4-14-8-17(9-14)33(31,32)16-5-6-19(13(2)7-16)28-21-26-11-18(22(23,24)25)20(29-21)15-10-27-30(3)12-15/h5-7,10-12,14,17H,4,8-9H2,1-3H3,(H,26,28,29). The van der Waals surface area contributed by atoms with Gasteiger partial charge in [0, 0.05) is 30.7 Å². The second kappa shape index (κ2) is 8.44. The Morgan fingerprint density at radius 1 is 1.21 bits per heavy atom. The molecule has 1 aliphatic carbocycles. The Bertz CT molecular complexity index is 1280. The van der Waals surface area contributed by atoms with Crippen LogP contribution in [0.2, 0.25) is 0 Å². The van der Waals surface area contributed by atoms with E-state index in [2.05, 4.69) is 27.3 Å². The normalized spacial score (nSPS) is 18.7. The van der Waals surface area contributed by atoms with E-state index in [0.29, 0.717) is 30.0 Å². The van der Waals surface area contributed by atoms with Gasteiger partial charge in [0.05, 0.1) is 22.0 Å². The summed E-state index contributed by atoms with van der Waals surface area (Å²) < 4.78 is 67.6. The molecule has 0 unspecified atom stereocenters. The number of alkyl halides is 3. The molecule has 0 radical (unpaired) electrons. The zero-order valence-electron chi connectivity index (χ0n) is 18.4. The summed E-state index contributed by atoms with van der Waals surface area (Å²) in [6.07, 6.45) is 1.16. The van der Waals surface area contributed by atoms with Crippen LogP contribution >= 0.6 is 0 Å². The zero-order valence-corrected chi connectivity index (χ0v) is 19.2. The monoisotopic (exact) mass is 479 g/mol. The lowest BCUT2D eigenvalue weighted by Gasteiger charge is -2.34. The highest BCUT2D eigenvalue weighted by molar-refractivity contribution is 7.92. The smallest absolute Gasteiger partial charge is 0.324 e. The van der Waals surface area contributed by atoms with Crippen LogP contribution in [0.3, 0.4) is 0 Å². The number of anilines is 2. The molecule has 1 fully saturated rings. The molecule has 2 aromatic heterocycles. The Labute approximate surface area is 190 Å². The molecule has 7 nitrogen and oxygen atoms in total. The lowest BCUT2D eigenvalue weighted by atomic mass is 9.83. The number of aromatic nitrogens is 4. The molecule has 3 aromatic rings. The van der Waals surface area contributed by atoms with Crippen molar-refractivity contribution in [1.29, 1.82) is 0 Å². The SMILES string of the molecule is CCC1CC(S(=O)(=O)c2ccc(Nc3ncc(C(F)(F)F)c(-c4cnn(C)c4)n3)c(C)c2)C1. The third-order valence-corrected chi connectivity index (χ3v) is 8.23. The number of hydrogen-bond acceptors (Lipinski definition) is 6. The summed E-state index contributed by atoms with van der Waals surface area (Å²) in [6.45, 7) is 3.78. The van der Waals surface area contributed by atoms with Gasteiger partial charge in [-0.15, -0.1) is 0 Å². The molecular weight excluding hydrogens is 455 g/mol.